The Morgan fingerprint density at radius 2 is 2.00 bits per heavy atom. The predicted molar refractivity (Wildman–Crippen MR) is 44.1 cm³/mol. The first kappa shape index (κ1) is 8.69. The summed E-state index contributed by atoms with van der Waals surface area (Å²) in [6, 6.07) is 0. The molecule has 0 N–H and O–H groups in total. The van der Waals surface area contributed by atoms with Crippen molar-refractivity contribution in [3.63, 3.8) is 0 Å². The van der Waals surface area contributed by atoms with Crippen molar-refractivity contribution >= 4 is 23.0 Å². The fourth-order valence-corrected chi connectivity index (χ4v) is 0.895. The SMILES string of the molecule is CCCCCCOI. The highest BCUT2D eigenvalue weighted by atomic mass is 127. The van der Waals surface area contributed by atoms with Crippen molar-refractivity contribution in [2.75, 3.05) is 6.61 Å². The van der Waals surface area contributed by atoms with Crippen LogP contribution in [0.25, 0.3) is 0 Å². The van der Waals surface area contributed by atoms with Crippen molar-refractivity contribution in [3.05, 3.63) is 0 Å². The van der Waals surface area contributed by atoms with Crippen LogP contribution < -0.4 is 0 Å². The molecule has 0 rings (SSSR count). The lowest BCUT2D eigenvalue weighted by Gasteiger charge is -1.93. The van der Waals surface area contributed by atoms with Gasteiger partial charge < -0.3 is 3.07 Å². The topological polar surface area (TPSA) is 9.23 Å². The molecule has 0 aliphatic carbocycles. The molecule has 0 unspecified atom stereocenters. The van der Waals surface area contributed by atoms with E-state index in [1.54, 1.807) is 0 Å². The molecule has 2 heteroatoms. The minimum atomic E-state index is 0.917. The first-order chi connectivity index (χ1) is 3.91. The molecule has 8 heavy (non-hydrogen) atoms. The summed E-state index contributed by atoms with van der Waals surface area (Å²) in [4.78, 5) is 0. The third-order valence-corrected chi connectivity index (χ3v) is 1.52. The number of rotatable bonds is 5. The van der Waals surface area contributed by atoms with Crippen LogP contribution in [0.3, 0.4) is 0 Å². The molecule has 0 radical (unpaired) electrons. The van der Waals surface area contributed by atoms with Crippen LogP contribution in [0.15, 0.2) is 0 Å². The molecule has 50 valence electrons. The van der Waals surface area contributed by atoms with Gasteiger partial charge in [-0.25, -0.2) is 0 Å². The van der Waals surface area contributed by atoms with Crippen LogP contribution in [-0.2, 0) is 3.07 Å². The Morgan fingerprint density at radius 3 is 2.50 bits per heavy atom. The van der Waals surface area contributed by atoms with Gasteiger partial charge in [0.05, 0.1) is 6.61 Å². The van der Waals surface area contributed by atoms with E-state index in [-0.39, 0.29) is 0 Å². The standard InChI is InChI=1S/C6H13IO/c1-2-3-4-5-6-8-7/h2-6H2,1H3. The van der Waals surface area contributed by atoms with Crippen LogP contribution in [0.2, 0.25) is 0 Å². The van der Waals surface area contributed by atoms with Gasteiger partial charge in [0.25, 0.3) is 0 Å². The third-order valence-electron chi connectivity index (χ3n) is 1.08. The minimum absolute atomic E-state index is 0.917. The zero-order chi connectivity index (χ0) is 6.24. The van der Waals surface area contributed by atoms with Gasteiger partial charge in [0.1, 0.15) is 23.0 Å². The summed E-state index contributed by atoms with van der Waals surface area (Å²) in [5.41, 5.74) is 0. The normalized spacial score (nSPS) is 9.75. The van der Waals surface area contributed by atoms with Gasteiger partial charge in [-0.15, -0.1) is 0 Å². The summed E-state index contributed by atoms with van der Waals surface area (Å²) >= 11 is 1.94. The Hall–Kier alpha value is 0.690. The van der Waals surface area contributed by atoms with Gasteiger partial charge in [-0.1, -0.05) is 26.2 Å². The number of halogens is 1. The molecule has 0 spiro atoms. The maximum atomic E-state index is 4.86. The van der Waals surface area contributed by atoms with Gasteiger partial charge in [0.15, 0.2) is 0 Å². The average molecular weight is 228 g/mol. The molecule has 0 aromatic rings. The Bertz CT molecular complexity index is 33.5. The van der Waals surface area contributed by atoms with Crippen LogP contribution in [-0.4, -0.2) is 6.61 Å². The van der Waals surface area contributed by atoms with Crippen LogP contribution in [0.5, 0.6) is 0 Å². The van der Waals surface area contributed by atoms with E-state index >= 15 is 0 Å². The van der Waals surface area contributed by atoms with Crippen molar-refractivity contribution in [2.45, 2.75) is 32.6 Å². The molecule has 0 aromatic heterocycles. The second-order valence-electron chi connectivity index (χ2n) is 1.87. The summed E-state index contributed by atoms with van der Waals surface area (Å²) in [6.07, 6.45) is 5.19. The second-order valence-corrected chi connectivity index (χ2v) is 2.50. The number of unbranched alkanes of at least 4 members (excludes halogenated alkanes) is 3. The van der Waals surface area contributed by atoms with Gasteiger partial charge in [-0.05, 0) is 6.42 Å². The van der Waals surface area contributed by atoms with E-state index in [4.69, 9.17) is 3.07 Å². The van der Waals surface area contributed by atoms with E-state index in [1.807, 2.05) is 23.0 Å². The van der Waals surface area contributed by atoms with Gasteiger partial charge in [0.2, 0.25) is 0 Å². The zero-order valence-corrected chi connectivity index (χ0v) is 7.48. The molecule has 0 atom stereocenters. The summed E-state index contributed by atoms with van der Waals surface area (Å²) < 4.78 is 4.86. The molecule has 0 aromatic carbocycles. The van der Waals surface area contributed by atoms with Crippen molar-refractivity contribution in [1.82, 2.24) is 0 Å². The molecule has 0 fully saturated rings. The molecule has 0 bridgehead atoms. The first-order valence-corrected chi connectivity index (χ1v) is 4.03. The lowest BCUT2D eigenvalue weighted by atomic mass is 10.2. The van der Waals surface area contributed by atoms with Crippen molar-refractivity contribution in [2.24, 2.45) is 0 Å². The monoisotopic (exact) mass is 228 g/mol. The van der Waals surface area contributed by atoms with Gasteiger partial charge in [0, 0.05) is 0 Å². The highest BCUT2D eigenvalue weighted by molar-refractivity contribution is 14.1. The maximum absolute atomic E-state index is 4.86. The lowest BCUT2D eigenvalue weighted by Crippen LogP contribution is -1.82. The Balaban J connectivity index is 2.53. The zero-order valence-electron chi connectivity index (χ0n) is 5.32. The lowest BCUT2D eigenvalue weighted by molar-refractivity contribution is 0.402. The van der Waals surface area contributed by atoms with E-state index in [1.165, 1.54) is 25.7 Å². The fourth-order valence-electron chi connectivity index (χ4n) is 0.583. The van der Waals surface area contributed by atoms with Gasteiger partial charge in [-0.3, -0.25) is 0 Å². The second kappa shape index (κ2) is 7.69. The largest absolute Gasteiger partial charge is 0.316 e. The Morgan fingerprint density at radius 1 is 1.25 bits per heavy atom. The van der Waals surface area contributed by atoms with E-state index in [0.29, 0.717) is 0 Å². The van der Waals surface area contributed by atoms with Gasteiger partial charge >= 0.3 is 0 Å². The number of hydrogen-bond donors (Lipinski definition) is 0. The quantitative estimate of drug-likeness (QED) is 0.519. The van der Waals surface area contributed by atoms with E-state index in [0.717, 1.165) is 6.61 Å². The Kier molecular flexibility index (Phi) is 8.35. The molecule has 0 heterocycles. The molecular weight excluding hydrogens is 215 g/mol. The summed E-state index contributed by atoms with van der Waals surface area (Å²) in [7, 11) is 0. The highest BCUT2D eigenvalue weighted by Crippen LogP contribution is 1.99. The van der Waals surface area contributed by atoms with Crippen LogP contribution in [0.1, 0.15) is 32.6 Å². The summed E-state index contributed by atoms with van der Waals surface area (Å²) in [5, 5.41) is 0. The fraction of sp³-hybridized carbons (Fsp3) is 1.00. The predicted octanol–water partition coefficient (Wildman–Crippen LogP) is 2.93. The van der Waals surface area contributed by atoms with Crippen molar-refractivity contribution in [1.29, 1.82) is 0 Å². The van der Waals surface area contributed by atoms with Crippen LogP contribution in [0.4, 0.5) is 0 Å². The smallest absolute Gasteiger partial charge is 0.109 e. The van der Waals surface area contributed by atoms with Crippen LogP contribution in [0, 0.1) is 0 Å². The van der Waals surface area contributed by atoms with Crippen molar-refractivity contribution < 1.29 is 3.07 Å². The minimum Gasteiger partial charge on any atom is -0.316 e. The van der Waals surface area contributed by atoms with Crippen LogP contribution >= 0.6 is 23.0 Å². The molecule has 0 saturated carbocycles. The van der Waals surface area contributed by atoms with Crippen molar-refractivity contribution in [3.8, 4) is 0 Å². The third kappa shape index (κ3) is 6.69. The molecule has 0 amide bonds. The average Bonchev–Trinajstić information content (AvgIpc) is 1.81. The first-order valence-electron chi connectivity index (χ1n) is 3.15. The molecule has 0 saturated heterocycles. The molecule has 1 nitrogen and oxygen atoms in total. The Labute approximate surface area is 65.5 Å². The number of hydrogen-bond acceptors (Lipinski definition) is 1. The van der Waals surface area contributed by atoms with Gasteiger partial charge in [-0.2, -0.15) is 0 Å². The van der Waals surface area contributed by atoms with E-state index in [9.17, 15) is 0 Å². The van der Waals surface area contributed by atoms with E-state index < -0.39 is 0 Å². The molecule has 0 aliphatic rings. The molecule has 0 aliphatic heterocycles. The van der Waals surface area contributed by atoms with E-state index in [2.05, 4.69) is 6.92 Å². The summed E-state index contributed by atoms with van der Waals surface area (Å²) in [5.74, 6) is 0. The maximum Gasteiger partial charge on any atom is 0.109 e. The summed E-state index contributed by atoms with van der Waals surface area (Å²) in [6.45, 7) is 3.13. The highest BCUT2D eigenvalue weighted by Gasteiger charge is 1.84. The molecular formula is C6H13IO.